The van der Waals surface area contributed by atoms with E-state index in [4.69, 9.17) is 9.15 Å². The Labute approximate surface area is 150 Å². The van der Waals surface area contributed by atoms with Crippen LogP contribution in [0.25, 0.3) is 0 Å². The first-order valence-electron chi connectivity index (χ1n) is 8.31. The maximum Gasteiger partial charge on any atom is 0.306 e. The van der Waals surface area contributed by atoms with Crippen molar-refractivity contribution in [1.29, 1.82) is 0 Å². The summed E-state index contributed by atoms with van der Waals surface area (Å²) in [5, 5.41) is 2.78. The minimum atomic E-state index is -1.09. The number of carbonyl (C=O) groups excluding carboxylic acids is 3. The van der Waals surface area contributed by atoms with Gasteiger partial charge in [-0.1, -0.05) is 12.1 Å². The summed E-state index contributed by atoms with van der Waals surface area (Å²) < 4.78 is 10.3. The number of ether oxygens (including phenoxy) is 1. The highest BCUT2D eigenvalue weighted by molar-refractivity contribution is 6.14. The molecule has 0 atom stereocenters. The summed E-state index contributed by atoms with van der Waals surface area (Å²) in [6.07, 6.45) is 2.05. The van der Waals surface area contributed by atoms with Gasteiger partial charge in [-0.3, -0.25) is 19.3 Å². The fourth-order valence-electron chi connectivity index (χ4n) is 2.86. The molecule has 1 N–H and O–H groups in total. The summed E-state index contributed by atoms with van der Waals surface area (Å²) >= 11 is 0. The van der Waals surface area contributed by atoms with E-state index >= 15 is 0 Å². The maximum atomic E-state index is 12.7. The first kappa shape index (κ1) is 17.7. The van der Waals surface area contributed by atoms with Gasteiger partial charge in [0.1, 0.15) is 11.3 Å². The molecule has 136 valence electrons. The normalized spacial score (nSPS) is 15.2. The molecule has 7 nitrogen and oxygen atoms in total. The number of nitrogens with one attached hydrogen (secondary N) is 1. The molecule has 1 aliphatic heterocycles. The number of fused-ring (bicyclic) bond motifs is 1. The third kappa shape index (κ3) is 3.46. The van der Waals surface area contributed by atoms with Gasteiger partial charge in [0.15, 0.2) is 6.61 Å². The number of rotatable bonds is 5. The van der Waals surface area contributed by atoms with Gasteiger partial charge in [0.25, 0.3) is 5.91 Å². The van der Waals surface area contributed by atoms with E-state index in [2.05, 4.69) is 5.32 Å². The summed E-state index contributed by atoms with van der Waals surface area (Å²) in [7, 11) is 0. The zero-order valence-electron chi connectivity index (χ0n) is 14.7. The molecule has 0 saturated carbocycles. The number of aryl methyl sites for hydroxylation is 1. The van der Waals surface area contributed by atoms with E-state index in [1.54, 1.807) is 50.2 Å². The van der Waals surface area contributed by atoms with Crippen LogP contribution in [0.5, 0.6) is 0 Å². The molecule has 0 spiro atoms. The molecule has 0 saturated heterocycles. The van der Waals surface area contributed by atoms with Gasteiger partial charge < -0.3 is 14.5 Å². The Hall–Kier alpha value is -3.09. The van der Waals surface area contributed by atoms with Crippen LogP contribution in [0, 0.1) is 0 Å². The number of nitrogens with zero attached hydrogens (tertiary/aromatic N) is 1. The van der Waals surface area contributed by atoms with Crippen molar-refractivity contribution in [2.24, 2.45) is 0 Å². The Balaban J connectivity index is 1.66. The number of carbonyl (C=O) groups is 3. The molecule has 2 amide bonds. The van der Waals surface area contributed by atoms with Crippen LogP contribution < -0.4 is 10.2 Å². The highest BCUT2D eigenvalue weighted by Crippen LogP contribution is 2.36. The second-order valence-corrected chi connectivity index (χ2v) is 6.50. The smallest absolute Gasteiger partial charge is 0.306 e. The molecule has 1 aromatic carbocycles. The summed E-state index contributed by atoms with van der Waals surface area (Å²) in [5.74, 6) is -0.573. The number of anilines is 2. The van der Waals surface area contributed by atoms with Gasteiger partial charge >= 0.3 is 5.97 Å². The SMILES string of the molecule is CC1(C)C(=O)Nc2ccccc2N1C(=O)COC(=O)CCc1ccco1. The molecule has 2 heterocycles. The predicted octanol–water partition coefficient (Wildman–Crippen LogP) is 2.52. The van der Waals surface area contributed by atoms with Gasteiger partial charge in [-0.05, 0) is 38.1 Å². The van der Waals surface area contributed by atoms with Crippen molar-refractivity contribution in [1.82, 2.24) is 0 Å². The van der Waals surface area contributed by atoms with Gasteiger partial charge in [-0.15, -0.1) is 0 Å². The van der Waals surface area contributed by atoms with E-state index in [0.717, 1.165) is 0 Å². The van der Waals surface area contributed by atoms with Crippen molar-refractivity contribution >= 4 is 29.2 Å². The van der Waals surface area contributed by atoms with Crippen molar-refractivity contribution in [2.75, 3.05) is 16.8 Å². The summed E-state index contributed by atoms with van der Waals surface area (Å²) in [5.41, 5.74) is 0.0366. The van der Waals surface area contributed by atoms with Gasteiger partial charge in [0.2, 0.25) is 5.91 Å². The third-order valence-corrected chi connectivity index (χ3v) is 4.27. The lowest BCUT2D eigenvalue weighted by Crippen LogP contribution is -2.59. The Bertz CT molecular complexity index is 826. The monoisotopic (exact) mass is 356 g/mol. The maximum absolute atomic E-state index is 12.7. The zero-order valence-corrected chi connectivity index (χ0v) is 14.7. The number of furan rings is 1. The molecule has 0 unspecified atom stereocenters. The fraction of sp³-hybridized carbons (Fsp3) is 0.316. The van der Waals surface area contributed by atoms with Gasteiger partial charge in [0, 0.05) is 6.42 Å². The first-order chi connectivity index (χ1) is 12.4. The topological polar surface area (TPSA) is 88.9 Å². The lowest BCUT2D eigenvalue weighted by molar-refractivity contribution is -0.148. The molecule has 0 bridgehead atoms. The van der Waals surface area contributed by atoms with Crippen LogP contribution in [0.3, 0.4) is 0 Å². The molecule has 2 aromatic rings. The number of hydrogen-bond donors (Lipinski definition) is 1. The van der Waals surface area contributed by atoms with Crippen LogP contribution >= 0.6 is 0 Å². The molecular weight excluding hydrogens is 336 g/mol. The van der Waals surface area contributed by atoms with Crippen molar-refractivity contribution in [3.63, 3.8) is 0 Å². The van der Waals surface area contributed by atoms with Crippen molar-refractivity contribution < 1.29 is 23.5 Å². The Kier molecular flexibility index (Phi) is 4.79. The number of para-hydroxylation sites is 2. The number of amides is 2. The molecule has 1 aromatic heterocycles. The number of benzene rings is 1. The standard InChI is InChI=1S/C19H20N2O5/c1-19(2)18(24)20-14-7-3-4-8-15(14)21(19)16(22)12-26-17(23)10-9-13-6-5-11-25-13/h3-8,11H,9-10,12H2,1-2H3,(H,20,24). The first-order valence-corrected chi connectivity index (χ1v) is 8.31. The van der Waals surface area contributed by atoms with Crippen LogP contribution in [0.1, 0.15) is 26.0 Å². The molecule has 3 rings (SSSR count). The van der Waals surface area contributed by atoms with Gasteiger partial charge in [-0.25, -0.2) is 0 Å². The Morgan fingerprint density at radius 1 is 1.19 bits per heavy atom. The van der Waals surface area contributed by atoms with Crippen molar-refractivity contribution in [3.8, 4) is 0 Å². The second-order valence-electron chi connectivity index (χ2n) is 6.50. The second kappa shape index (κ2) is 7.03. The molecule has 0 fully saturated rings. The van der Waals surface area contributed by atoms with E-state index in [9.17, 15) is 14.4 Å². The summed E-state index contributed by atoms with van der Waals surface area (Å²) in [4.78, 5) is 38.3. The van der Waals surface area contributed by atoms with E-state index in [1.165, 1.54) is 11.2 Å². The molecule has 0 radical (unpaired) electrons. The Morgan fingerprint density at radius 2 is 1.96 bits per heavy atom. The average molecular weight is 356 g/mol. The third-order valence-electron chi connectivity index (χ3n) is 4.27. The molecule has 26 heavy (non-hydrogen) atoms. The van der Waals surface area contributed by atoms with Crippen molar-refractivity contribution in [3.05, 3.63) is 48.4 Å². The largest absolute Gasteiger partial charge is 0.469 e. The number of hydrogen-bond acceptors (Lipinski definition) is 5. The van der Waals surface area contributed by atoms with Crippen LogP contribution in [-0.4, -0.2) is 29.9 Å². The highest BCUT2D eigenvalue weighted by Gasteiger charge is 2.43. The minimum Gasteiger partial charge on any atom is -0.469 e. The minimum absolute atomic E-state index is 0.112. The quantitative estimate of drug-likeness (QED) is 0.832. The zero-order chi connectivity index (χ0) is 18.7. The van der Waals surface area contributed by atoms with Crippen LogP contribution in [0.15, 0.2) is 47.1 Å². The van der Waals surface area contributed by atoms with Gasteiger partial charge in [-0.2, -0.15) is 0 Å². The van der Waals surface area contributed by atoms with E-state index < -0.39 is 24.0 Å². The molecular formula is C19H20N2O5. The predicted molar refractivity (Wildman–Crippen MR) is 94.6 cm³/mol. The summed E-state index contributed by atoms with van der Waals surface area (Å²) in [6.45, 7) is 2.87. The lowest BCUT2D eigenvalue weighted by Gasteiger charge is -2.41. The lowest BCUT2D eigenvalue weighted by atomic mass is 9.96. The van der Waals surface area contributed by atoms with Crippen molar-refractivity contribution in [2.45, 2.75) is 32.2 Å². The average Bonchev–Trinajstić information content (AvgIpc) is 3.12. The summed E-state index contributed by atoms with van der Waals surface area (Å²) in [6, 6.07) is 10.5. The Morgan fingerprint density at radius 3 is 2.69 bits per heavy atom. The van der Waals surface area contributed by atoms with E-state index in [1.807, 2.05) is 0 Å². The molecule has 0 aliphatic carbocycles. The van der Waals surface area contributed by atoms with Crippen LogP contribution in [0.2, 0.25) is 0 Å². The van der Waals surface area contributed by atoms with Crippen LogP contribution in [-0.2, 0) is 25.5 Å². The number of esters is 1. The van der Waals surface area contributed by atoms with E-state index in [-0.39, 0.29) is 12.3 Å². The molecule has 1 aliphatic rings. The van der Waals surface area contributed by atoms with E-state index in [0.29, 0.717) is 23.6 Å². The van der Waals surface area contributed by atoms with Crippen LogP contribution in [0.4, 0.5) is 11.4 Å². The van der Waals surface area contributed by atoms with Gasteiger partial charge in [0.05, 0.1) is 24.1 Å². The fourth-order valence-corrected chi connectivity index (χ4v) is 2.86. The highest BCUT2D eigenvalue weighted by atomic mass is 16.5. The molecule has 7 heteroatoms.